The Balaban J connectivity index is 0.000000130. The average Bonchev–Trinajstić information content (AvgIpc) is 3.40. The largest absolute Gasteiger partial charge is 0.481 e. The van der Waals surface area contributed by atoms with Crippen molar-refractivity contribution >= 4 is 23.9 Å². The molecule has 5 fully saturated rings. The molecule has 8 atom stereocenters. The Morgan fingerprint density at radius 3 is 1.85 bits per heavy atom. The lowest BCUT2D eigenvalue weighted by atomic mass is 9.79. The second-order valence-electron chi connectivity index (χ2n) is 8.37. The van der Waals surface area contributed by atoms with Crippen LogP contribution >= 0.6 is 0 Å². The first-order valence-corrected chi connectivity index (χ1v) is 9.48. The molecule has 1 saturated heterocycles. The number of carboxylic acid groups (broad SMARTS) is 1. The molecule has 7 nitrogen and oxygen atoms in total. The summed E-state index contributed by atoms with van der Waals surface area (Å²) >= 11 is 0. The van der Waals surface area contributed by atoms with Gasteiger partial charge in [0, 0.05) is 0 Å². The van der Waals surface area contributed by atoms with Gasteiger partial charge in [-0.3, -0.25) is 19.2 Å². The SMILES string of the molecule is COC(=O)[C@@H]1C2CCC(C2)[C@H]1C(=O)O.O=C1OC(=O)[C@H]2C3CCC(C3)[C@@H]12. The Morgan fingerprint density at radius 2 is 1.35 bits per heavy atom. The maximum Gasteiger partial charge on any atom is 0.317 e. The summed E-state index contributed by atoms with van der Waals surface area (Å²) < 4.78 is 9.30. The first-order chi connectivity index (χ1) is 12.4. The van der Waals surface area contributed by atoms with E-state index in [4.69, 9.17) is 5.11 Å². The Bertz CT molecular complexity index is 630. The van der Waals surface area contributed by atoms with Crippen molar-refractivity contribution in [1.29, 1.82) is 0 Å². The number of esters is 3. The third kappa shape index (κ3) is 2.55. The lowest BCUT2D eigenvalue weighted by Crippen LogP contribution is -2.35. The van der Waals surface area contributed by atoms with Crippen LogP contribution in [0.5, 0.6) is 0 Å². The van der Waals surface area contributed by atoms with Gasteiger partial charge in [-0.05, 0) is 62.2 Å². The first kappa shape index (κ1) is 17.5. The maximum absolute atomic E-state index is 11.4. The van der Waals surface area contributed by atoms with E-state index in [1.54, 1.807) is 0 Å². The van der Waals surface area contributed by atoms with Gasteiger partial charge in [-0.25, -0.2) is 0 Å². The van der Waals surface area contributed by atoms with Crippen LogP contribution in [0.3, 0.4) is 0 Å². The predicted molar refractivity (Wildman–Crippen MR) is 86.4 cm³/mol. The number of carboxylic acids is 1. The minimum atomic E-state index is -0.840. The molecule has 142 valence electrons. The molecule has 5 rings (SSSR count). The molecular weight excluding hydrogens is 340 g/mol. The molecule has 1 heterocycles. The van der Waals surface area contributed by atoms with Crippen LogP contribution in [0.15, 0.2) is 0 Å². The van der Waals surface area contributed by atoms with E-state index >= 15 is 0 Å². The van der Waals surface area contributed by atoms with Gasteiger partial charge in [-0.15, -0.1) is 0 Å². The molecule has 4 aliphatic carbocycles. The van der Waals surface area contributed by atoms with Gasteiger partial charge in [-0.2, -0.15) is 0 Å². The summed E-state index contributed by atoms with van der Waals surface area (Å²) in [7, 11) is 1.33. The third-order valence-corrected chi connectivity index (χ3v) is 7.34. The van der Waals surface area contributed by atoms with E-state index in [1.807, 2.05) is 0 Å². The van der Waals surface area contributed by atoms with Crippen LogP contribution in [0.25, 0.3) is 0 Å². The van der Waals surface area contributed by atoms with E-state index in [2.05, 4.69) is 9.47 Å². The predicted octanol–water partition coefficient (Wildman–Crippen LogP) is 1.64. The molecular formula is C19H24O7. The molecule has 26 heavy (non-hydrogen) atoms. The fourth-order valence-corrected chi connectivity index (χ4v) is 6.33. The normalized spacial score (nSPS) is 44.3. The van der Waals surface area contributed by atoms with Crippen LogP contribution in [0.4, 0.5) is 0 Å². The summed E-state index contributed by atoms with van der Waals surface area (Å²) in [5.41, 5.74) is 0. The zero-order chi connectivity index (χ0) is 18.6. The van der Waals surface area contributed by atoms with Crippen LogP contribution in [-0.2, 0) is 28.7 Å². The lowest BCUT2D eigenvalue weighted by molar-refractivity contribution is -0.158. The van der Waals surface area contributed by atoms with Crippen molar-refractivity contribution in [2.24, 2.45) is 47.3 Å². The van der Waals surface area contributed by atoms with Crippen LogP contribution in [0, 0.1) is 47.3 Å². The number of aliphatic carboxylic acids is 1. The van der Waals surface area contributed by atoms with Gasteiger partial charge >= 0.3 is 23.9 Å². The van der Waals surface area contributed by atoms with Gasteiger partial charge in [0.2, 0.25) is 0 Å². The molecule has 0 aromatic heterocycles. The highest BCUT2D eigenvalue weighted by atomic mass is 16.6. The van der Waals surface area contributed by atoms with Gasteiger partial charge in [0.05, 0.1) is 30.8 Å². The van der Waals surface area contributed by atoms with E-state index in [0.717, 1.165) is 38.5 Å². The van der Waals surface area contributed by atoms with Gasteiger partial charge in [0.25, 0.3) is 0 Å². The number of ether oxygens (including phenoxy) is 2. The van der Waals surface area contributed by atoms with Crippen LogP contribution < -0.4 is 0 Å². The molecule has 1 aliphatic heterocycles. The van der Waals surface area contributed by atoms with Gasteiger partial charge in [0.15, 0.2) is 0 Å². The third-order valence-electron chi connectivity index (χ3n) is 7.34. The van der Waals surface area contributed by atoms with Gasteiger partial charge in [-0.1, -0.05) is 0 Å². The van der Waals surface area contributed by atoms with Crippen molar-refractivity contribution in [3.8, 4) is 0 Å². The van der Waals surface area contributed by atoms with Crippen molar-refractivity contribution in [2.45, 2.75) is 38.5 Å². The molecule has 4 unspecified atom stereocenters. The van der Waals surface area contributed by atoms with E-state index < -0.39 is 17.8 Å². The number of fused-ring (bicyclic) bond motifs is 7. The molecule has 4 bridgehead atoms. The summed E-state index contributed by atoms with van der Waals surface area (Å²) in [6.45, 7) is 0. The molecule has 0 aromatic carbocycles. The monoisotopic (exact) mass is 364 g/mol. The van der Waals surface area contributed by atoms with Crippen LogP contribution in [0.2, 0.25) is 0 Å². The Kier molecular flexibility index (Phi) is 4.28. The molecule has 7 heteroatoms. The minimum Gasteiger partial charge on any atom is -0.481 e. The fraction of sp³-hybridized carbons (Fsp3) is 0.789. The van der Waals surface area contributed by atoms with Crippen LogP contribution in [0.1, 0.15) is 38.5 Å². The van der Waals surface area contributed by atoms with E-state index in [9.17, 15) is 19.2 Å². The first-order valence-electron chi connectivity index (χ1n) is 9.48. The standard InChI is InChI=1S/C10H14O4.C9H10O3/c1-14-10(13)8-6-3-2-5(4-6)7(8)9(11)12;10-8-6-4-1-2-5(3-4)7(6)9(11)12-8/h5-8H,2-4H2,1H3,(H,11,12);4-7H,1-3H2/t5?,6?,7-,8-;4?,5?,6-,7+/m1./s1. The molecule has 0 amide bonds. The topological polar surface area (TPSA) is 107 Å². The molecule has 0 aromatic rings. The number of methoxy groups -OCH3 is 1. The zero-order valence-corrected chi connectivity index (χ0v) is 14.8. The highest BCUT2D eigenvalue weighted by Crippen LogP contribution is 2.55. The molecule has 4 saturated carbocycles. The van der Waals surface area contributed by atoms with Crippen molar-refractivity contribution in [3.63, 3.8) is 0 Å². The summed E-state index contributed by atoms with van der Waals surface area (Å²) in [6, 6.07) is 0. The molecule has 1 N–H and O–H groups in total. The summed E-state index contributed by atoms with van der Waals surface area (Å²) in [5.74, 6) is -1.34. The summed E-state index contributed by atoms with van der Waals surface area (Å²) in [4.78, 5) is 44.9. The number of hydrogen-bond donors (Lipinski definition) is 1. The zero-order valence-electron chi connectivity index (χ0n) is 14.8. The lowest BCUT2D eigenvalue weighted by Gasteiger charge is -2.25. The van der Waals surface area contributed by atoms with Crippen molar-refractivity contribution in [3.05, 3.63) is 0 Å². The van der Waals surface area contributed by atoms with Crippen LogP contribution in [-0.4, -0.2) is 36.1 Å². The summed E-state index contributed by atoms with van der Waals surface area (Å²) in [6.07, 6.45) is 6.14. The second kappa shape index (κ2) is 6.35. The number of cyclic esters (lactones) is 2. The average molecular weight is 364 g/mol. The molecule has 0 spiro atoms. The van der Waals surface area contributed by atoms with Crippen molar-refractivity contribution in [1.82, 2.24) is 0 Å². The molecule has 5 aliphatic rings. The minimum absolute atomic E-state index is 0.0590. The quantitative estimate of drug-likeness (QED) is 0.586. The van der Waals surface area contributed by atoms with Gasteiger partial charge < -0.3 is 14.6 Å². The van der Waals surface area contributed by atoms with E-state index in [0.29, 0.717) is 11.8 Å². The number of carbonyl (C=O) groups is 4. The molecule has 0 radical (unpaired) electrons. The summed E-state index contributed by atoms with van der Waals surface area (Å²) in [5, 5.41) is 9.04. The van der Waals surface area contributed by atoms with E-state index in [1.165, 1.54) is 7.11 Å². The number of rotatable bonds is 2. The highest BCUT2D eigenvalue weighted by molar-refractivity contribution is 5.97. The number of hydrogen-bond acceptors (Lipinski definition) is 6. The Hall–Kier alpha value is -1.92. The Morgan fingerprint density at radius 1 is 0.885 bits per heavy atom. The fourth-order valence-electron chi connectivity index (χ4n) is 6.33. The highest BCUT2D eigenvalue weighted by Gasteiger charge is 2.59. The number of carbonyl (C=O) groups excluding carboxylic acids is 3. The van der Waals surface area contributed by atoms with E-state index in [-0.39, 0.29) is 41.6 Å². The second-order valence-corrected chi connectivity index (χ2v) is 8.37. The Labute approximate surface area is 151 Å². The van der Waals surface area contributed by atoms with Crippen molar-refractivity contribution < 1.29 is 33.8 Å². The smallest absolute Gasteiger partial charge is 0.317 e. The van der Waals surface area contributed by atoms with Gasteiger partial charge in [0.1, 0.15) is 0 Å². The van der Waals surface area contributed by atoms with Crippen molar-refractivity contribution in [2.75, 3.05) is 7.11 Å². The maximum atomic E-state index is 11.4.